The lowest BCUT2D eigenvalue weighted by molar-refractivity contribution is -0.122. The van der Waals surface area contributed by atoms with E-state index in [0.717, 1.165) is 11.1 Å². The lowest BCUT2D eigenvalue weighted by Crippen LogP contribution is -2.25. The Kier molecular flexibility index (Phi) is 4.39. The molecule has 120 valence electrons. The van der Waals surface area contributed by atoms with Crippen molar-refractivity contribution >= 4 is 5.91 Å². The van der Waals surface area contributed by atoms with Gasteiger partial charge in [-0.3, -0.25) is 4.79 Å². The first-order valence-corrected chi connectivity index (χ1v) is 7.51. The van der Waals surface area contributed by atoms with Gasteiger partial charge < -0.3 is 10.4 Å². The SMILES string of the molecule is O=C(NCc1ccccc1CO)C1CC1c1c(F)cccc1F. The number of hydrogen-bond donors (Lipinski definition) is 2. The molecule has 23 heavy (non-hydrogen) atoms. The average Bonchev–Trinajstić information content (AvgIpc) is 3.33. The number of aliphatic hydroxyl groups is 1. The third kappa shape index (κ3) is 3.24. The Balaban J connectivity index is 1.63. The smallest absolute Gasteiger partial charge is 0.224 e. The number of amides is 1. The van der Waals surface area contributed by atoms with Gasteiger partial charge in [0.2, 0.25) is 5.91 Å². The van der Waals surface area contributed by atoms with Crippen LogP contribution in [0.1, 0.15) is 29.0 Å². The summed E-state index contributed by atoms with van der Waals surface area (Å²) in [7, 11) is 0. The van der Waals surface area contributed by atoms with Crippen molar-refractivity contribution in [2.45, 2.75) is 25.5 Å². The zero-order chi connectivity index (χ0) is 16.4. The fraction of sp³-hybridized carbons (Fsp3) is 0.278. The highest BCUT2D eigenvalue weighted by Gasteiger charge is 2.46. The highest BCUT2D eigenvalue weighted by molar-refractivity contribution is 5.82. The molecule has 2 atom stereocenters. The highest BCUT2D eigenvalue weighted by Crippen LogP contribution is 2.49. The summed E-state index contributed by atoms with van der Waals surface area (Å²) < 4.78 is 27.5. The summed E-state index contributed by atoms with van der Waals surface area (Å²) in [6.45, 7) is 0.192. The second-order valence-corrected chi connectivity index (χ2v) is 5.73. The predicted octanol–water partition coefficient (Wildman–Crippen LogP) is 2.88. The molecule has 5 heteroatoms. The highest BCUT2D eigenvalue weighted by atomic mass is 19.1. The number of nitrogens with one attached hydrogen (secondary N) is 1. The molecule has 3 nitrogen and oxygen atoms in total. The van der Waals surface area contributed by atoms with Crippen LogP contribution < -0.4 is 5.32 Å². The van der Waals surface area contributed by atoms with Crippen LogP contribution in [0.2, 0.25) is 0 Å². The van der Waals surface area contributed by atoms with E-state index in [1.165, 1.54) is 18.2 Å². The molecule has 0 aliphatic heterocycles. The van der Waals surface area contributed by atoms with E-state index in [9.17, 15) is 18.7 Å². The summed E-state index contributed by atoms with van der Waals surface area (Å²) >= 11 is 0. The summed E-state index contributed by atoms with van der Waals surface area (Å²) in [5.74, 6) is -2.22. The monoisotopic (exact) mass is 317 g/mol. The van der Waals surface area contributed by atoms with Gasteiger partial charge in [-0.05, 0) is 29.7 Å². The molecule has 1 fully saturated rings. The van der Waals surface area contributed by atoms with E-state index in [-0.39, 0.29) is 18.1 Å². The molecule has 2 unspecified atom stereocenters. The lowest BCUT2D eigenvalue weighted by atomic mass is 10.1. The van der Waals surface area contributed by atoms with E-state index in [0.29, 0.717) is 13.0 Å². The number of rotatable bonds is 5. The van der Waals surface area contributed by atoms with E-state index in [2.05, 4.69) is 5.32 Å². The Hall–Kier alpha value is -2.27. The van der Waals surface area contributed by atoms with Gasteiger partial charge in [0.05, 0.1) is 6.61 Å². The molecule has 2 aromatic carbocycles. The summed E-state index contributed by atoms with van der Waals surface area (Å²) in [6.07, 6.45) is 0.450. The number of aliphatic hydroxyl groups excluding tert-OH is 1. The first-order chi connectivity index (χ1) is 11.1. The molecular formula is C18H17F2NO2. The van der Waals surface area contributed by atoms with Crippen LogP contribution in [0.5, 0.6) is 0 Å². The second kappa shape index (κ2) is 6.46. The van der Waals surface area contributed by atoms with E-state index < -0.39 is 23.5 Å². The quantitative estimate of drug-likeness (QED) is 0.891. The average molecular weight is 317 g/mol. The summed E-state index contributed by atoms with van der Waals surface area (Å²) in [4.78, 5) is 12.2. The molecule has 2 aromatic rings. The molecule has 3 rings (SSSR count). The van der Waals surface area contributed by atoms with Crippen LogP contribution in [0.3, 0.4) is 0 Å². The van der Waals surface area contributed by atoms with Crippen LogP contribution in [-0.2, 0) is 17.9 Å². The molecule has 2 N–H and O–H groups in total. The maximum absolute atomic E-state index is 13.7. The zero-order valence-electron chi connectivity index (χ0n) is 12.4. The van der Waals surface area contributed by atoms with Crippen LogP contribution in [0.4, 0.5) is 8.78 Å². The molecule has 1 aliphatic carbocycles. The van der Waals surface area contributed by atoms with Gasteiger partial charge in [-0.1, -0.05) is 30.3 Å². The first-order valence-electron chi connectivity index (χ1n) is 7.51. The molecule has 0 radical (unpaired) electrons. The van der Waals surface area contributed by atoms with Crippen molar-refractivity contribution in [1.29, 1.82) is 0 Å². The van der Waals surface area contributed by atoms with Crippen molar-refractivity contribution < 1.29 is 18.7 Å². The van der Waals surface area contributed by atoms with E-state index in [1.54, 1.807) is 6.07 Å². The fourth-order valence-electron chi connectivity index (χ4n) is 2.87. The number of carbonyl (C=O) groups is 1. The number of hydrogen-bond acceptors (Lipinski definition) is 2. The van der Waals surface area contributed by atoms with Crippen molar-refractivity contribution in [1.82, 2.24) is 5.32 Å². The van der Waals surface area contributed by atoms with Gasteiger partial charge in [0, 0.05) is 23.9 Å². The van der Waals surface area contributed by atoms with Gasteiger partial charge in [0.15, 0.2) is 0 Å². The summed E-state index contributed by atoms with van der Waals surface area (Å²) in [6, 6.07) is 11.0. The molecule has 1 saturated carbocycles. The standard InChI is InChI=1S/C18H17F2NO2/c19-15-6-3-7-16(20)17(15)13-8-14(13)18(23)21-9-11-4-1-2-5-12(11)10-22/h1-7,13-14,22H,8-10H2,(H,21,23). The van der Waals surface area contributed by atoms with Gasteiger partial charge in [-0.15, -0.1) is 0 Å². The molecule has 0 bridgehead atoms. The third-order valence-corrected chi connectivity index (χ3v) is 4.24. The van der Waals surface area contributed by atoms with E-state index >= 15 is 0 Å². The molecular weight excluding hydrogens is 300 g/mol. The summed E-state index contributed by atoms with van der Waals surface area (Å²) in [5.41, 5.74) is 1.58. The van der Waals surface area contributed by atoms with Crippen LogP contribution >= 0.6 is 0 Å². The van der Waals surface area contributed by atoms with Gasteiger partial charge in [0.1, 0.15) is 11.6 Å². The second-order valence-electron chi connectivity index (χ2n) is 5.73. The Morgan fingerprint density at radius 2 is 1.74 bits per heavy atom. The van der Waals surface area contributed by atoms with Crippen molar-refractivity contribution in [3.05, 3.63) is 70.8 Å². The number of benzene rings is 2. The molecule has 0 spiro atoms. The zero-order valence-corrected chi connectivity index (χ0v) is 12.4. The maximum Gasteiger partial charge on any atom is 0.224 e. The molecule has 0 heterocycles. The Morgan fingerprint density at radius 1 is 1.09 bits per heavy atom. The van der Waals surface area contributed by atoms with Crippen LogP contribution in [0.25, 0.3) is 0 Å². The van der Waals surface area contributed by atoms with Crippen LogP contribution in [-0.4, -0.2) is 11.0 Å². The molecule has 1 amide bonds. The minimum absolute atomic E-state index is 0.00316. The van der Waals surface area contributed by atoms with Gasteiger partial charge in [0.25, 0.3) is 0 Å². The third-order valence-electron chi connectivity index (χ3n) is 4.24. The largest absolute Gasteiger partial charge is 0.392 e. The number of halogens is 2. The first kappa shape index (κ1) is 15.6. The van der Waals surface area contributed by atoms with Gasteiger partial charge in [-0.2, -0.15) is 0 Å². The van der Waals surface area contributed by atoms with Crippen LogP contribution in [0, 0.1) is 17.6 Å². The Bertz CT molecular complexity index is 712. The van der Waals surface area contributed by atoms with E-state index in [4.69, 9.17) is 0 Å². The van der Waals surface area contributed by atoms with Crippen LogP contribution in [0.15, 0.2) is 42.5 Å². The van der Waals surface area contributed by atoms with Crippen molar-refractivity contribution in [2.24, 2.45) is 5.92 Å². The molecule has 0 saturated heterocycles. The summed E-state index contributed by atoms with van der Waals surface area (Å²) in [5, 5.41) is 12.0. The predicted molar refractivity (Wildman–Crippen MR) is 81.4 cm³/mol. The number of carbonyl (C=O) groups excluding carboxylic acids is 1. The van der Waals surface area contributed by atoms with Crippen molar-refractivity contribution in [3.8, 4) is 0 Å². The van der Waals surface area contributed by atoms with E-state index in [1.807, 2.05) is 18.2 Å². The molecule has 1 aliphatic rings. The van der Waals surface area contributed by atoms with Gasteiger partial charge >= 0.3 is 0 Å². The normalized spacial score (nSPS) is 19.4. The minimum Gasteiger partial charge on any atom is -0.392 e. The lowest BCUT2D eigenvalue weighted by Gasteiger charge is -2.09. The van der Waals surface area contributed by atoms with Crippen molar-refractivity contribution in [2.75, 3.05) is 0 Å². The molecule has 0 aromatic heterocycles. The van der Waals surface area contributed by atoms with Gasteiger partial charge in [-0.25, -0.2) is 8.78 Å². The Labute approximate surface area is 133 Å². The topological polar surface area (TPSA) is 49.3 Å². The fourth-order valence-corrected chi connectivity index (χ4v) is 2.87. The maximum atomic E-state index is 13.7. The van der Waals surface area contributed by atoms with Crippen molar-refractivity contribution in [3.63, 3.8) is 0 Å². The Morgan fingerprint density at radius 3 is 2.39 bits per heavy atom. The minimum atomic E-state index is -0.601.